The minimum Gasteiger partial charge on any atom is -0.494 e. The Hall–Kier alpha value is -4.01. The molecule has 166 valence electrons. The minimum atomic E-state index is -0.576. The van der Waals surface area contributed by atoms with Crippen LogP contribution in [-0.2, 0) is 4.79 Å². The van der Waals surface area contributed by atoms with Crippen LogP contribution in [-0.4, -0.2) is 41.5 Å². The smallest absolute Gasteiger partial charge is 0.248 e. The van der Waals surface area contributed by atoms with E-state index in [1.807, 2.05) is 43.3 Å². The Morgan fingerprint density at radius 1 is 1.12 bits per heavy atom. The minimum absolute atomic E-state index is 0.396. The van der Waals surface area contributed by atoms with E-state index >= 15 is 0 Å². The molecule has 0 unspecified atom stereocenters. The van der Waals surface area contributed by atoms with Crippen LogP contribution in [0, 0.1) is 0 Å². The van der Waals surface area contributed by atoms with E-state index in [0.29, 0.717) is 41.1 Å². The molecule has 2 aromatic carbocycles. The van der Waals surface area contributed by atoms with Gasteiger partial charge in [0.25, 0.3) is 0 Å². The van der Waals surface area contributed by atoms with Gasteiger partial charge in [-0.05, 0) is 55.8 Å². The number of fused-ring (bicyclic) bond motifs is 1. The third-order valence-electron chi connectivity index (χ3n) is 5.26. The number of hydrogen-bond acceptors (Lipinski definition) is 7. The molecule has 1 atom stereocenters. The van der Waals surface area contributed by atoms with Crippen LogP contribution in [0.4, 0.5) is 5.95 Å². The highest BCUT2D eigenvalue weighted by Crippen LogP contribution is 2.39. The van der Waals surface area contributed by atoms with Gasteiger partial charge in [-0.15, -0.1) is 5.10 Å². The predicted octanol–water partition coefficient (Wildman–Crippen LogP) is 3.14. The van der Waals surface area contributed by atoms with Gasteiger partial charge in [-0.3, -0.25) is 4.79 Å². The number of allylic oxidation sites excluding steroid dienone is 1. The van der Waals surface area contributed by atoms with Crippen molar-refractivity contribution in [1.82, 2.24) is 14.8 Å². The molecule has 2 heterocycles. The summed E-state index contributed by atoms with van der Waals surface area (Å²) >= 11 is 0. The van der Waals surface area contributed by atoms with Crippen LogP contribution in [0.25, 0.3) is 11.4 Å². The number of nitrogens with two attached hydrogens (primary N) is 1. The number of rotatable bonds is 7. The van der Waals surface area contributed by atoms with Crippen molar-refractivity contribution in [2.24, 2.45) is 5.73 Å². The summed E-state index contributed by atoms with van der Waals surface area (Å²) in [5, 5.41) is 7.86. The number of carbonyl (C=O) groups excluding carboxylic acids is 1. The predicted molar refractivity (Wildman–Crippen MR) is 120 cm³/mol. The summed E-state index contributed by atoms with van der Waals surface area (Å²) in [6.07, 6.45) is 0. The third kappa shape index (κ3) is 3.73. The number of benzene rings is 2. The Morgan fingerprint density at radius 2 is 1.84 bits per heavy atom. The maximum absolute atomic E-state index is 12.4. The van der Waals surface area contributed by atoms with Gasteiger partial charge in [-0.2, -0.15) is 4.98 Å². The van der Waals surface area contributed by atoms with Crippen molar-refractivity contribution in [3.05, 3.63) is 59.3 Å². The highest BCUT2D eigenvalue weighted by atomic mass is 16.5. The molecule has 9 nitrogen and oxygen atoms in total. The molecule has 0 saturated carbocycles. The summed E-state index contributed by atoms with van der Waals surface area (Å²) in [5.74, 6) is 2.38. The zero-order valence-corrected chi connectivity index (χ0v) is 18.4. The van der Waals surface area contributed by atoms with Crippen LogP contribution in [0.2, 0.25) is 0 Å². The number of methoxy groups -OCH3 is 2. The quantitative estimate of drug-likeness (QED) is 0.586. The Labute approximate surface area is 185 Å². The molecule has 1 amide bonds. The summed E-state index contributed by atoms with van der Waals surface area (Å²) < 4.78 is 18.0. The third-order valence-corrected chi connectivity index (χ3v) is 5.26. The maximum Gasteiger partial charge on any atom is 0.248 e. The van der Waals surface area contributed by atoms with Crippen LogP contribution in [0.3, 0.4) is 0 Å². The van der Waals surface area contributed by atoms with Gasteiger partial charge in [-0.1, -0.05) is 6.07 Å². The summed E-state index contributed by atoms with van der Waals surface area (Å²) in [4.78, 5) is 17.1. The number of aromatic nitrogens is 3. The second-order valence-corrected chi connectivity index (χ2v) is 7.21. The van der Waals surface area contributed by atoms with E-state index in [2.05, 4.69) is 10.3 Å². The molecule has 0 aliphatic carbocycles. The Balaban J connectivity index is 1.82. The van der Waals surface area contributed by atoms with Crippen molar-refractivity contribution in [3.8, 4) is 28.6 Å². The number of hydrogen-bond donors (Lipinski definition) is 2. The van der Waals surface area contributed by atoms with Crippen molar-refractivity contribution in [1.29, 1.82) is 0 Å². The molecule has 4 rings (SSSR count). The number of nitrogens with one attached hydrogen (secondary N) is 1. The summed E-state index contributed by atoms with van der Waals surface area (Å²) in [6.45, 7) is 4.32. The molecule has 3 aromatic rings. The topological polar surface area (TPSA) is 114 Å². The van der Waals surface area contributed by atoms with Crippen molar-refractivity contribution < 1.29 is 19.0 Å². The molecule has 0 fully saturated rings. The van der Waals surface area contributed by atoms with Crippen LogP contribution in [0.5, 0.6) is 17.2 Å². The molecular formula is C23H25N5O4. The van der Waals surface area contributed by atoms with E-state index < -0.39 is 11.9 Å². The molecule has 0 bridgehead atoms. The van der Waals surface area contributed by atoms with Gasteiger partial charge in [0.1, 0.15) is 11.8 Å². The first-order valence-corrected chi connectivity index (χ1v) is 10.2. The van der Waals surface area contributed by atoms with Gasteiger partial charge >= 0.3 is 0 Å². The van der Waals surface area contributed by atoms with Gasteiger partial charge in [0, 0.05) is 11.3 Å². The molecule has 0 radical (unpaired) electrons. The first kappa shape index (κ1) is 21.2. The van der Waals surface area contributed by atoms with Crippen molar-refractivity contribution in [3.63, 3.8) is 0 Å². The molecular weight excluding hydrogens is 410 g/mol. The molecule has 3 N–H and O–H groups in total. The van der Waals surface area contributed by atoms with Gasteiger partial charge in [0.15, 0.2) is 17.3 Å². The lowest BCUT2D eigenvalue weighted by Gasteiger charge is -2.28. The van der Waals surface area contributed by atoms with Gasteiger partial charge in [-0.25, -0.2) is 4.68 Å². The van der Waals surface area contributed by atoms with Crippen molar-refractivity contribution >= 4 is 11.9 Å². The first-order valence-electron chi connectivity index (χ1n) is 10.2. The number of anilines is 1. The van der Waals surface area contributed by atoms with Crippen LogP contribution in [0.1, 0.15) is 25.5 Å². The zero-order chi connectivity index (χ0) is 22.8. The van der Waals surface area contributed by atoms with Gasteiger partial charge in [0.05, 0.1) is 26.4 Å². The van der Waals surface area contributed by atoms with E-state index in [9.17, 15) is 4.79 Å². The second-order valence-electron chi connectivity index (χ2n) is 7.21. The number of nitrogens with zero attached hydrogens (tertiary/aromatic N) is 3. The highest BCUT2D eigenvalue weighted by molar-refractivity contribution is 5.95. The summed E-state index contributed by atoms with van der Waals surface area (Å²) in [6, 6.07) is 12.4. The van der Waals surface area contributed by atoms with Crippen LogP contribution >= 0.6 is 0 Å². The van der Waals surface area contributed by atoms with Gasteiger partial charge in [0.2, 0.25) is 11.9 Å². The van der Waals surface area contributed by atoms with E-state index in [1.54, 1.807) is 31.9 Å². The molecule has 9 heteroatoms. The van der Waals surface area contributed by atoms with Crippen LogP contribution in [0.15, 0.2) is 53.7 Å². The van der Waals surface area contributed by atoms with E-state index in [0.717, 1.165) is 16.9 Å². The molecule has 1 aromatic heterocycles. The molecule has 0 saturated heterocycles. The number of primary amides is 1. The fourth-order valence-corrected chi connectivity index (χ4v) is 3.79. The molecule has 1 aliphatic rings. The Bertz CT molecular complexity index is 1180. The SMILES string of the molecule is CCOc1ccc(-c2nc3n(n2)[C@@H](c2ccc(OC)c(OC)c2)C(C(N)=O)=C(C)N3)cc1. The maximum atomic E-state index is 12.4. The Morgan fingerprint density at radius 3 is 2.47 bits per heavy atom. The van der Waals surface area contributed by atoms with Crippen LogP contribution < -0.4 is 25.3 Å². The first-order chi connectivity index (χ1) is 15.5. The number of ether oxygens (including phenoxy) is 3. The lowest BCUT2D eigenvalue weighted by atomic mass is 9.95. The monoisotopic (exact) mass is 435 g/mol. The molecule has 0 spiro atoms. The highest BCUT2D eigenvalue weighted by Gasteiger charge is 2.34. The fraction of sp³-hybridized carbons (Fsp3) is 0.261. The number of amides is 1. The summed E-state index contributed by atoms with van der Waals surface area (Å²) in [7, 11) is 3.13. The Kier molecular flexibility index (Phi) is 5.72. The van der Waals surface area contributed by atoms with E-state index in [4.69, 9.17) is 25.0 Å². The standard InChI is InChI=1S/C23H25N5O4/c1-5-32-16-9-6-14(7-10-16)22-26-23-25-13(2)19(21(24)29)20(28(23)27-22)15-8-11-17(30-3)18(12-15)31-4/h6-12,20H,5H2,1-4H3,(H2,24,29)(H,25,26,27)/t20-/m0/s1. The second kappa shape index (κ2) is 8.62. The van der Waals surface area contributed by atoms with Crippen molar-refractivity contribution in [2.45, 2.75) is 19.9 Å². The number of carbonyl (C=O) groups is 1. The van der Waals surface area contributed by atoms with Crippen molar-refractivity contribution in [2.75, 3.05) is 26.1 Å². The summed E-state index contributed by atoms with van der Waals surface area (Å²) in [5.41, 5.74) is 8.37. The zero-order valence-electron chi connectivity index (χ0n) is 18.4. The van der Waals surface area contributed by atoms with E-state index in [-0.39, 0.29) is 0 Å². The lowest BCUT2D eigenvalue weighted by Crippen LogP contribution is -2.31. The lowest BCUT2D eigenvalue weighted by molar-refractivity contribution is -0.115. The molecule has 1 aliphatic heterocycles. The van der Waals surface area contributed by atoms with E-state index in [1.165, 1.54) is 0 Å². The molecule has 32 heavy (non-hydrogen) atoms. The average molecular weight is 435 g/mol. The average Bonchev–Trinajstić information content (AvgIpc) is 3.21. The normalized spacial score (nSPS) is 15.1. The largest absolute Gasteiger partial charge is 0.494 e. The fourth-order valence-electron chi connectivity index (χ4n) is 3.79. The van der Waals surface area contributed by atoms with Gasteiger partial charge < -0.3 is 25.3 Å².